The van der Waals surface area contributed by atoms with Crippen LogP contribution >= 0.6 is 11.3 Å². The first-order valence-corrected chi connectivity index (χ1v) is 5.54. The predicted molar refractivity (Wildman–Crippen MR) is 63.5 cm³/mol. The molecule has 0 fully saturated rings. The van der Waals surface area contributed by atoms with E-state index in [-0.39, 0.29) is 5.82 Å². The average Bonchev–Trinajstić information content (AvgIpc) is 2.65. The lowest BCUT2D eigenvalue weighted by atomic mass is 10.3. The minimum Gasteiger partial charge on any atom is -0.336 e. The minimum absolute atomic E-state index is 0.200. The fourth-order valence-corrected chi connectivity index (χ4v) is 2.24. The van der Waals surface area contributed by atoms with Crippen LogP contribution < -0.4 is 4.90 Å². The summed E-state index contributed by atoms with van der Waals surface area (Å²) in [4.78, 5) is 3.33. The Hall–Kier alpha value is -1.35. The lowest BCUT2D eigenvalue weighted by Gasteiger charge is -2.16. The molecule has 0 saturated carbocycles. The van der Waals surface area contributed by atoms with Crippen molar-refractivity contribution in [2.75, 3.05) is 11.9 Å². The fraction of sp³-hybridized carbons (Fsp3) is 0.167. The standard InChI is InChI=1S/C12H12FNS/c1-9-3-8-12(15-9)14(2)11-6-4-10(13)5-7-11/h3-8H,1-2H3. The highest BCUT2D eigenvalue weighted by Gasteiger charge is 2.05. The van der Waals surface area contributed by atoms with Gasteiger partial charge < -0.3 is 4.90 Å². The van der Waals surface area contributed by atoms with Crippen molar-refractivity contribution >= 4 is 22.0 Å². The first-order valence-electron chi connectivity index (χ1n) is 4.72. The van der Waals surface area contributed by atoms with E-state index in [9.17, 15) is 4.39 Å². The molecule has 1 aromatic heterocycles. The van der Waals surface area contributed by atoms with Crippen molar-refractivity contribution in [2.24, 2.45) is 0 Å². The zero-order valence-electron chi connectivity index (χ0n) is 8.70. The van der Waals surface area contributed by atoms with Gasteiger partial charge in [0.2, 0.25) is 0 Å². The molecule has 78 valence electrons. The van der Waals surface area contributed by atoms with E-state index in [4.69, 9.17) is 0 Å². The Labute approximate surface area is 92.8 Å². The SMILES string of the molecule is Cc1ccc(N(C)c2ccc(F)cc2)s1. The van der Waals surface area contributed by atoms with E-state index < -0.39 is 0 Å². The molecule has 0 radical (unpaired) electrons. The molecule has 0 aliphatic heterocycles. The number of benzene rings is 1. The maximum absolute atomic E-state index is 12.7. The Balaban J connectivity index is 2.28. The number of nitrogens with zero attached hydrogens (tertiary/aromatic N) is 1. The monoisotopic (exact) mass is 221 g/mol. The summed E-state index contributed by atoms with van der Waals surface area (Å²) in [7, 11) is 1.98. The number of thiophene rings is 1. The summed E-state index contributed by atoms with van der Waals surface area (Å²) in [6, 6.07) is 10.7. The Morgan fingerprint density at radius 2 is 1.73 bits per heavy atom. The average molecular weight is 221 g/mol. The number of halogens is 1. The summed E-state index contributed by atoms with van der Waals surface area (Å²) in [6.07, 6.45) is 0. The van der Waals surface area contributed by atoms with Crippen molar-refractivity contribution in [1.82, 2.24) is 0 Å². The molecular weight excluding hydrogens is 209 g/mol. The molecule has 0 atom stereocenters. The second kappa shape index (κ2) is 4.03. The second-order valence-electron chi connectivity index (χ2n) is 3.42. The van der Waals surface area contributed by atoms with E-state index in [0.29, 0.717) is 0 Å². The molecule has 0 aliphatic rings. The molecule has 1 aromatic carbocycles. The number of anilines is 2. The first-order chi connectivity index (χ1) is 7.16. The van der Waals surface area contributed by atoms with Gasteiger partial charge in [-0.2, -0.15) is 0 Å². The van der Waals surface area contributed by atoms with Crippen LogP contribution in [0.25, 0.3) is 0 Å². The van der Waals surface area contributed by atoms with Crippen molar-refractivity contribution in [3.63, 3.8) is 0 Å². The van der Waals surface area contributed by atoms with Gasteiger partial charge in [0.25, 0.3) is 0 Å². The molecule has 0 saturated heterocycles. The molecule has 0 N–H and O–H groups in total. The maximum atomic E-state index is 12.7. The van der Waals surface area contributed by atoms with Gasteiger partial charge in [-0.25, -0.2) is 4.39 Å². The number of hydrogen-bond donors (Lipinski definition) is 0. The van der Waals surface area contributed by atoms with Crippen molar-refractivity contribution in [3.8, 4) is 0 Å². The second-order valence-corrected chi connectivity index (χ2v) is 4.69. The Kier molecular flexibility index (Phi) is 2.73. The molecule has 3 heteroatoms. The van der Waals surface area contributed by atoms with E-state index in [2.05, 4.69) is 24.0 Å². The van der Waals surface area contributed by atoms with Gasteiger partial charge in [-0.3, -0.25) is 0 Å². The lowest BCUT2D eigenvalue weighted by molar-refractivity contribution is 0.628. The molecule has 1 nitrogen and oxygen atoms in total. The third kappa shape index (κ3) is 2.18. The van der Waals surface area contributed by atoms with Crippen LogP contribution in [0.4, 0.5) is 15.1 Å². The van der Waals surface area contributed by atoms with E-state index >= 15 is 0 Å². The molecule has 0 unspecified atom stereocenters. The smallest absolute Gasteiger partial charge is 0.123 e. The Morgan fingerprint density at radius 3 is 2.27 bits per heavy atom. The molecule has 2 rings (SSSR count). The molecular formula is C12H12FNS. The van der Waals surface area contributed by atoms with Gasteiger partial charge in [0.05, 0.1) is 5.00 Å². The third-order valence-corrected chi connectivity index (χ3v) is 3.35. The van der Waals surface area contributed by atoms with Crippen LogP contribution in [0, 0.1) is 12.7 Å². The van der Waals surface area contributed by atoms with Crippen LogP contribution in [0.15, 0.2) is 36.4 Å². The highest BCUT2D eigenvalue weighted by Crippen LogP contribution is 2.30. The Morgan fingerprint density at radius 1 is 1.07 bits per heavy atom. The molecule has 15 heavy (non-hydrogen) atoms. The van der Waals surface area contributed by atoms with Gasteiger partial charge in [-0.1, -0.05) is 0 Å². The topological polar surface area (TPSA) is 3.24 Å². The molecule has 2 aromatic rings. The number of hydrogen-bond acceptors (Lipinski definition) is 2. The van der Waals surface area contributed by atoms with Crippen LogP contribution in [0.2, 0.25) is 0 Å². The molecule has 0 amide bonds. The predicted octanol–water partition coefficient (Wildman–Crippen LogP) is 3.96. The lowest BCUT2D eigenvalue weighted by Crippen LogP contribution is -2.07. The minimum atomic E-state index is -0.200. The van der Waals surface area contributed by atoms with Crippen LogP contribution in [0.5, 0.6) is 0 Å². The van der Waals surface area contributed by atoms with E-state index in [1.165, 1.54) is 22.0 Å². The highest BCUT2D eigenvalue weighted by molar-refractivity contribution is 7.16. The van der Waals surface area contributed by atoms with Crippen molar-refractivity contribution in [1.29, 1.82) is 0 Å². The van der Waals surface area contributed by atoms with Crippen LogP contribution in [-0.2, 0) is 0 Å². The van der Waals surface area contributed by atoms with Gasteiger partial charge in [0.15, 0.2) is 0 Å². The van der Waals surface area contributed by atoms with Crippen LogP contribution in [-0.4, -0.2) is 7.05 Å². The fourth-order valence-electron chi connectivity index (χ4n) is 1.39. The summed E-state index contributed by atoms with van der Waals surface area (Å²) in [5.41, 5.74) is 0.998. The quantitative estimate of drug-likeness (QED) is 0.741. The van der Waals surface area contributed by atoms with Crippen molar-refractivity contribution < 1.29 is 4.39 Å². The number of aryl methyl sites for hydroxylation is 1. The zero-order valence-corrected chi connectivity index (χ0v) is 9.51. The molecule has 0 aliphatic carbocycles. The molecule has 0 spiro atoms. The highest BCUT2D eigenvalue weighted by atomic mass is 32.1. The van der Waals surface area contributed by atoms with Crippen LogP contribution in [0.3, 0.4) is 0 Å². The van der Waals surface area contributed by atoms with Gasteiger partial charge in [-0.15, -0.1) is 11.3 Å². The third-order valence-electron chi connectivity index (χ3n) is 2.27. The van der Waals surface area contributed by atoms with Crippen molar-refractivity contribution in [2.45, 2.75) is 6.92 Å². The molecule has 1 heterocycles. The molecule has 0 bridgehead atoms. The summed E-state index contributed by atoms with van der Waals surface area (Å²) >= 11 is 1.73. The van der Waals surface area contributed by atoms with Crippen molar-refractivity contribution in [3.05, 3.63) is 47.1 Å². The van der Waals surface area contributed by atoms with Gasteiger partial charge >= 0.3 is 0 Å². The van der Waals surface area contributed by atoms with Gasteiger partial charge in [-0.05, 0) is 43.3 Å². The first kappa shape index (κ1) is 10.2. The summed E-state index contributed by atoms with van der Waals surface area (Å²) in [5.74, 6) is -0.200. The largest absolute Gasteiger partial charge is 0.336 e. The normalized spacial score (nSPS) is 10.3. The van der Waals surface area contributed by atoms with Crippen LogP contribution in [0.1, 0.15) is 4.88 Å². The van der Waals surface area contributed by atoms with E-state index in [1.54, 1.807) is 23.5 Å². The summed E-state index contributed by atoms with van der Waals surface area (Å²) < 4.78 is 12.7. The summed E-state index contributed by atoms with van der Waals surface area (Å²) in [6.45, 7) is 2.08. The van der Waals surface area contributed by atoms with Gasteiger partial charge in [0, 0.05) is 17.6 Å². The van der Waals surface area contributed by atoms with E-state index in [1.807, 2.05) is 7.05 Å². The maximum Gasteiger partial charge on any atom is 0.123 e. The zero-order chi connectivity index (χ0) is 10.8. The van der Waals surface area contributed by atoms with E-state index in [0.717, 1.165) is 5.69 Å². The Bertz CT molecular complexity index is 447. The summed E-state index contributed by atoms with van der Waals surface area (Å²) in [5, 5.41) is 1.17. The van der Waals surface area contributed by atoms with Gasteiger partial charge in [0.1, 0.15) is 5.82 Å². The number of rotatable bonds is 2.